The highest BCUT2D eigenvalue weighted by atomic mass is 32.2. The minimum Gasteiger partial charge on any atom is -0.549 e. The maximum absolute atomic E-state index is 12.3. The summed E-state index contributed by atoms with van der Waals surface area (Å²) in [5.41, 5.74) is -2.23. The summed E-state index contributed by atoms with van der Waals surface area (Å²) in [6.07, 6.45) is 5.50. The number of aliphatic carboxylic acids is 2. The summed E-state index contributed by atoms with van der Waals surface area (Å²) in [5.74, 6) is -4.22. The Labute approximate surface area is 234 Å². The fourth-order valence-electron chi connectivity index (χ4n) is 4.12. The molecule has 0 rings (SSSR count). The zero-order valence-electron chi connectivity index (χ0n) is 26.5. The lowest BCUT2D eigenvalue weighted by Crippen LogP contribution is -2.60. The third-order valence-electron chi connectivity index (χ3n) is 5.81. The molecule has 1 N–H and O–H groups in total. The summed E-state index contributed by atoms with van der Waals surface area (Å²) in [4.78, 5) is 24.0. The van der Waals surface area contributed by atoms with Crippen LogP contribution in [0.5, 0.6) is 0 Å². The van der Waals surface area contributed by atoms with Gasteiger partial charge in [-0.15, -0.1) is 0 Å². The van der Waals surface area contributed by atoms with E-state index in [0.717, 1.165) is 34.6 Å². The number of carbonyl (C=O) groups is 2. The highest BCUT2D eigenvalue weighted by Gasteiger charge is 2.49. The van der Waals surface area contributed by atoms with E-state index in [4.69, 9.17) is 0 Å². The summed E-state index contributed by atoms with van der Waals surface area (Å²) in [7, 11) is 11.8. The van der Waals surface area contributed by atoms with Crippen molar-refractivity contribution in [1.82, 2.24) is 0 Å². The summed E-state index contributed by atoms with van der Waals surface area (Å²) >= 11 is 0. The summed E-state index contributed by atoms with van der Waals surface area (Å²) < 4.78 is 35.5. The van der Waals surface area contributed by atoms with Gasteiger partial charge in [-0.1, -0.05) is 79.1 Å². The second-order valence-electron chi connectivity index (χ2n) is 13.3. The highest BCUT2D eigenvalue weighted by molar-refractivity contribution is 7.87. The van der Waals surface area contributed by atoms with E-state index in [-0.39, 0.29) is 24.7 Å². The van der Waals surface area contributed by atoms with Gasteiger partial charge in [-0.25, -0.2) is 0 Å². The average molecular weight is 569 g/mol. The van der Waals surface area contributed by atoms with Gasteiger partial charge in [-0.05, 0) is 24.7 Å². The molecule has 0 amide bonds. The highest BCUT2D eigenvalue weighted by Crippen LogP contribution is 2.43. The van der Waals surface area contributed by atoms with Gasteiger partial charge in [0, 0.05) is 11.4 Å². The van der Waals surface area contributed by atoms with Crippen molar-refractivity contribution < 1.29 is 41.7 Å². The molecule has 0 saturated heterocycles. The molecule has 0 spiro atoms. The van der Waals surface area contributed by atoms with Crippen LogP contribution < -0.4 is 10.2 Å². The number of quaternary nitrogens is 2. The SMILES string of the molecule is CCCCC(CC)CC(CC(CC)CCCC)(C(=O)[O-])C(C(=O)[O-])S(=O)(=O)O.C[N+](C)(C)C.C[N+](C)(C)C. The Morgan fingerprint density at radius 1 is 0.737 bits per heavy atom. The molecular weight excluding hydrogens is 508 g/mol. The van der Waals surface area contributed by atoms with E-state index in [2.05, 4.69) is 56.4 Å². The quantitative estimate of drug-likeness (QED) is 0.223. The van der Waals surface area contributed by atoms with Gasteiger partial charge in [-0.2, -0.15) is 8.42 Å². The third kappa shape index (κ3) is 21.7. The van der Waals surface area contributed by atoms with E-state index in [0.29, 0.717) is 25.7 Å². The lowest BCUT2D eigenvalue weighted by molar-refractivity contribution is -0.849. The first kappa shape index (κ1) is 41.3. The van der Waals surface area contributed by atoms with Crippen LogP contribution >= 0.6 is 0 Å². The fraction of sp³-hybridized carbons (Fsp3) is 0.929. The van der Waals surface area contributed by atoms with Crippen LogP contribution in [0.4, 0.5) is 0 Å². The lowest BCUT2D eigenvalue weighted by atomic mass is 9.68. The Kier molecular flexibility index (Phi) is 20.6. The zero-order chi connectivity index (χ0) is 31.0. The standard InChI is InChI=1S/C20H38O7S.2C4H12N/c1-5-9-11-15(7-3)13-20(19(23)24,14-16(8-4)12-10-6-2)17(18(21)22)28(25,26)27;2*1-5(2,3)4/h15-17H,5-14H2,1-4H3,(H,21,22)(H,23,24)(H,25,26,27);2*1-4H3/q;2*+1/p-2. The van der Waals surface area contributed by atoms with Gasteiger partial charge in [0.05, 0.1) is 62.4 Å². The van der Waals surface area contributed by atoms with Gasteiger partial charge in [0.2, 0.25) is 0 Å². The molecule has 0 radical (unpaired) electrons. The second kappa shape index (κ2) is 19.0. The van der Waals surface area contributed by atoms with Crippen LogP contribution in [0.15, 0.2) is 0 Å². The maximum Gasteiger partial charge on any atom is 0.274 e. The topological polar surface area (TPSA) is 135 Å². The first-order chi connectivity index (χ1) is 17.0. The van der Waals surface area contributed by atoms with Crippen LogP contribution in [0.3, 0.4) is 0 Å². The van der Waals surface area contributed by atoms with Crippen molar-refractivity contribution in [2.24, 2.45) is 17.3 Å². The van der Waals surface area contributed by atoms with Gasteiger partial charge >= 0.3 is 0 Å². The van der Waals surface area contributed by atoms with Crippen molar-refractivity contribution in [2.45, 2.75) is 97.2 Å². The van der Waals surface area contributed by atoms with Crippen molar-refractivity contribution >= 4 is 22.1 Å². The first-order valence-electron chi connectivity index (χ1n) is 14.0. The van der Waals surface area contributed by atoms with Crippen LogP contribution in [0, 0.1) is 17.3 Å². The van der Waals surface area contributed by atoms with E-state index in [9.17, 15) is 32.8 Å². The molecular formula is C28H60N2O7S. The maximum atomic E-state index is 12.3. The largest absolute Gasteiger partial charge is 0.549 e. The van der Waals surface area contributed by atoms with Gasteiger partial charge in [0.1, 0.15) is 5.25 Å². The van der Waals surface area contributed by atoms with Crippen LogP contribution in [0.1, 0.15) is 91.9 Å². The summed E-state index contributed by atoms with van der Waals surface area (Å²) in [6.45, 7) is 7.68. The average Bonchev–Trinajstić information content (AvgIpc) is 2.69. The molecule has 0 aromatic rings. The van der Waals surface area contributed by atoms with E-state index in [1.807, 2.05) is 27.7 Å². The number of rotatable bonds is 16. The second-order valence-corrected chi connectivity index (χ2v) is 14.8. The molecule has 0 aliphatic carbocycles. The molecule has 9 nitrogen and oxygen atoms in total. The van der Waals surface area contributed by atoms with Crippen LogP contribution in [-0.2, 0) is 19.7 Å². The normalized spacial score (nSPS) is 16.0. The minimum absolute atomic E-state index is 0.174. The zero-order valence-corrected chi connectivity index (χ0v) is 27.3. The number of unbranched alkanes of at least 4 members (excludes halogenated alkanes) is 2. The van der Waals surface area contributed by atoms with E-state index in [1.54, 1.807) is 0 Å². The number of nitrogens with zero attached hydrogens (tertiary/aromatic N) is 2. The van der Waals surface area contributed by atoms with E-state index >= 15 is 0 Å². The molecule has 0 heterocycles. The molecule has 230 valence electrons. The molecule has 0 aromatic carbocycles. The Morgan fingerprint density at radius 3 is 1.18 bits per heavy atom. The van der Waals surface area contributed by atoms with Gasteiger partial charge in [0.15, 0.2) is 0 Å². The van der Waals surface area contributed by atoms with E-state index < -0.39 is 32.7 Å². The van der Waals surface area contributed by atoms with Gasteiger partial charge < -0.3 is 28.8 Å². The number of hydrogen-bond donors (Lipinski definition) is 1. The van der Waals surface area contributed by atoms with Crippen LogP contribution in [0.25, 0.3) is 0 Å². The number of carboxylic acids is 2. The molecule has 3 unspecified atom stereocenters. The minimum atomic E-state index is -5.20. The molecule has 3 atom stereocenters. The summed E-state index contributed by atoms with van der Waals surface area (Å²) in [6, 6.07) is 0. The van der Waals surface area contributed by atoms with Crippen molar-refractivity contribution in [3.8, 4) is 0 Å². The fourth-order valence-corrected chi connectivity index (χ4v) is 5.22. The predicted octanol–water partition coefficient (Wildman–Crippen LogP) is 2.59. The van der Waals surface area contributed by atoms with Crippen molar-refractivity contribution in [3.63, 3.8) is 0 Å². The molecule has 0 aliphatic heterocycles. The third-order valence-corrected chi connectivity index (χ3v) is 7.05. The Hall–Kier alpha value is -1.23. The van der Waals surface area contributed by atoms with Gasteiger partial charge in [-0.3, -0.25) is 4.55 Å². The van der Waals surface area contributed by atoms with E-state index in [1.165, 1.54) is 0 Å². The first-order valence-corrected chi connectivity index (χ1v) is 15.5. The summed E-state index contributed by atoms with van der Waals surface area (Å²) in [5, 5.41) is 21.5. The Balaban J connectivity index is -0.00000103. The molecule has 10 heteroatoms. The van der Waals surface area contributed by atoms with Gasteiger partial charge in [0.25, 0.3) is 10.1 Å². The molecule has 0 fully saturated rings. The molecule has 38 heavy (non-hydrogen) atoms. The smallest absolute Gasteiger partial charge is 0.274 e. The van der Waals surface area contributed by atoms with Crippen molar-refractivity contribution in [2.75, 3.05) is 56.4 Å². The number of hydrogen-bond acceptors (Lipinski definition) is 6. The monoisotopic (exact) mass is 568 g/mol. The lowest BCUT2D eigenvalue weighted by Gasteiger charge is -2.44. The Morgan fingerprint density at radius 2 is 1.03 bits per heavy atom. The van der Waals surface area contributed by atoms with Crippen molar-refractivity contribution in [1.29, 1.82) is 0 Å². The van der Waals surface area contributed by atoms with Crippen LogP contribution in [0.2, 0.25) is 0 Å². The molecule has 0 bridgehead atoms. The molecule has 0 aromatic heterocycles. The Bertz CT molecular complexity index is 714. The van der Waals surface area contributed by atoms with Crippen molar-refractivity contribution in [3.05, 3.63) is 0 Å². The number of carboxylic acid groups (broad SMARTS) is 2. The van der Waals surface area contributed by atoms with Crippen LogP contribution in [-0.4, -0.2) is 95.5 Å². The number of carbonyl (C=O) groups excluding carboxylic acids is 2. The molecule has 0 saturated carbocycles. The molecule has 0 aliphatic rings. The predicted molar refractivity (Wildman–Crippen MR) is 152 cm³/mol.